The second kappa shape index (κ2) is 5.51. The van der Waals surface area contributed by atoms with Crippen molar-refractivity contribution in [1.29, 1.82) is 0 Å². The third-order valence-electron chi connectivity index (χ3n) is 4.67. The van der Waals surface area contributed by atoms with Crippen LogP contribution in [0.1, 0.15) is 30.4 Å². The molecule has 0 amide bonds. The molecule has 0 spiro atoms. The molecule has 0 bridgehead atoms. The average Bonchev–Trinajstić information content (AvgIpc) is 2.46. The molecule has 2 aliphatic heterocycles. The van der Waals surface area contributed by atoms with Gasteiger partial charge in [-0.2, -0.15) is 0 Å². The molecule has 3 nitrogen and oxygen atoms in total. The molecule has 19 heavy (non-hydrogen) atoms. The van der Waals surface area contributed by atoms with E-state index in [2.05, 4.69) is 34.9 Å². The Hall–Kier alpha value is -1.06. The van der Waals surface area contributed by atoms with Gasteiger partial charge in [-0.3, -0.25) is 4.90 Å². The van der Waals surface area contributed by atoms with E-state index in [1.54, 1.807) is 0 Å². The van der Waals surface area contributed by atoms with Crippen LogP contribution in [0.4, 0.5) is 5.69 Å². The van der Waals surface area contributed by atoms with Gasteiger partial charge in [0.15, 0.2) is 0 Å². The molecule has 3 heteroatoms. The van der Waals surface area contributed by atoms with Gasteiger partial charge in [0.2, 0.25) is 0 Å². The summed E-state index contributed by atoms with van der Waals surface area (Å²) in [4.78, 5) is 5.26. The Balaban J connectivity index is 1.75. The highest BCUT2D eigenvalue weighted by Gasteiger charge is 2.29. The smallest absolute Gasteiger partial charge is 0.0397 e. The molecule has 2 saturated heterocycles. The van der Waals surface area contributed by atoms with Gasteiger partial charge in [-0.1, -0.05) is 18.6 Å². The van der Waals surface area contributed by atoms with Crippen molar-refractivity contribution in [2.24, 2.45) is 5.73 Å². The Labute approximate surface area is 116 Å². The lowest BCUT2D eigenvalue weighted by molar-refractivity contribution is 0.133. The molecule has 1 aromatic carbocycles. The van der Waals surface area contributed by atoms with E-state index in [0.29, 0.717) is 6.54 Å². The summed E-state index contributed by atoms with van der Waals surface area (Å²) in [6.07, 6.45) is 4.16. The highest BCUT2D eigenvalue weighted by atomic mass is 15.3. The number of benzene rings is 1. The molecule has 2 aliphatic rings. The molecule has 0 radical (unpaired) electrons. The van der Waals surface area contributed by atoms with Crippen LogP contribution in [0.3, 0.4) is 0 Å². The molecule has 3 rings (SSSR count). The lowest BCUT2D eigenvalue weighted by Crippen LogP contribution is -2.55. The van der Waals surface area contributed by atoms with Crippen LogP contribution in [-0.2, 0) is 6.54 Å². The van der Waals surface area contributed by atoms with Crippen LogP contribution in [-0.4, -0.2) is 37.1 Å². The summed E-state index contributed by atoms with van der Waals surface area (Å²) < 4.78 is 0. The van der Waals surface area contributed by atoms with E-state index in [1.807, 2.05) is 0 Å². The molecule has 2 heterocycles. The topological polar surface area (TPSA) is 32.5 Å². The van der Waals surface area contributed by atoms with E-state index in [9.17, 15) is 0 Å². The predicted molar refractivity (Wildman–Crippen MR) is 80.5 cm³/mol. The molecule has 1 aromatic rings. The third kappa shape index (κ3) is 2.63. The Morgan fingerprint density at radius 3 is 2.89 bits per heavy atom. The molecule has 0 aliphatic carbocycles. The minimum Gasteiger partial charge on any atom is -0.368 e. The summed E-state index contributed by atoms with van der Waals surface area (Å²) in [6, 6.07) is 7.45. The monoisotopic (exact) mass is 259 g/mol. The first-order chi connectivity index (χ1) is 9.28. The van der Waals surface area contributed by atoms with Gasteiger partial charge in [0.1, 0.15) is 0 Å². The van der Waals surface area contributed by atoms with Crippen LogP contribution >= 0.6 is 0 Å². The summed E-state index contributed by atoms with van der Waals surface area (Å²) in [6.45, 7) is 7.74. The fourth-order valence-corrected chi connectivity index (χ4v) is 3.57. The zero-order valence-electron chi connectivity index (χ0n) is 11.9. The number of piperidine rings is 1. The van der Waals surface area contributed by atoms with E-state index < -0.39 is 0 Å². The Morgan fingerprint density at radius 1 is 1.21 bits per heavy atom. The number of fused-ring (bicyclic) bond motifs is 1. The van der Waals surface area contributed by atoms with Gasteiger partial charge in [-0.15, -0.1) is 0 Å². The zero-order chi connectivity index (χ0) is 13.2. The van der Waals surface area contributed by atoms with Crippen molar-refractivity contribution < 1.29 is 0 Å². The van der Waals surface area contributed by atoms with Crippen molar-refractivity contribution in [3.8, 4) is 0 Å². The Morgan fingerprint density at radius 2 is 2.11 bits per heavy atom. The van der Waals surface area contributed by atoms with Crippen LogP contribution in [0, 0.1) is 6.92 Å². The fourth-order valence-electron chi connectivity index (χ4n) is 3.57. The van der Waals surface area contributed by atoms with Gasteiger partial charge in [0.05, 0.1) is 0 Å². The fraction of sp³-hybridized carbons (Fsp3) is 0.625. The normalized spacial score (nSPS) is 24.3. The van der Waals surface area contributed by atoms with Crippen molar-refractivity contribution >= 4 is 5.69 Å². The first kappa shape index (κ1) is 12.9. The van der Waals surface area contributed by atoms with Crippen LogP contribution in [0.2, 0.25) is 0 Å². The second-order valence-corrected chi connectivity index (χ2v) is 5.96. The maximum Gasteiger partial charge on any atom is 0.0397 e. The number of piperazine rings is 1. The Kier molecular flexibility index (Phi) is 3.76. The van der Waals surface area contributed by atoms with Crippen molar-refractivity contribution in [1.82, 2.24) is 4.90 Å². The number of nitrogens with two attached hydrogens (primary N) is 1. The van der Waals surface area contributed by atoms with Gasteiger partial charge < -0.3 is 10.6 Å². The van der Waals surface area contributed by atoms with Crippen LogP contribution < -0.4 is 10.6 Å². The van der Waals surface area contributed by atoms with Gasteiger partial charge in [-0.05, 0) is 43.5 Å². The number of hydrogen-bond acceptors (Lipinski definition) is 3. The van der Waals surface area contributed by atoms with Crippen molar-refractivity contribution in [3.05, 3.63) is 29.3 Å². The molecule has 1 unspecified atom stereocenters. The molecular weight excluding hydrogens is 234 g/mol. The lowest BCUT2D eigenvalue weighted by Gasteiger charge is -2.45. The van der Waals surface area contributed by atoms with E-state index in [0.717, 1.165) is 6.04 Å². The summed E-state index contributed by atoms with van der Waals surface area (Å²) >= 11 is 0. The third-order valence-corrected chi connectivity index (χ3v) is 4.67. The van der Waals surface area contributed by atoms with Crippen molar-refractivity contribution in [2.75, 3.05) is 31.1 Å². The molecule has 0 aromatic heterocycles. The van der Waals surface area contributed by atoms with Gasteiger partial charge in [0, 0.05) is 37.9 Å². The summed E-state index contributed by atoms with van der Waals surface area (Å²) in [5, 5.41) is 0. The van der Waals surface area contributed by atoms with E-state index in [4.69, 9.17) is 5.73 Å². The number of anilines is 1. The predicted octanol–water partition coefficient (Wildman–Crippen LogP) is 2.13. The standard InChI is InChI=1S/C16H25N3/c1-13-10-14(11-17)5-6-16(13)19-9-8-18-7-3-2-4-15(18)12-19/h5-6,10,15H,2-4,7-9,11-12,17H2,1H3. The molecule has 104 valence electrons. The Bertz CT molecular complexity index is 444. The SMILES string of the molecule is Cc1cc(CN)ccc1N1CCN2CCCCC2C1. The highest BCUT2D eigenvalue weighted by molar-refractivity contribution is 5.55. The summed E-state index contributed by atoms with van der Waals surface area (Å²) in [5.41, 5.74) is 9.72. The lowest BCUT2D eigenvalue weighted by atomic mass is 9.98. The largest absolute Gasteiger partial charge is 0.368 e. The number of aryl methyl sites for hydroxylation is 1. The second-order valence-electron chi connectivity index (χ2n) is 5.96. The van der Waals surface area contributed by atoms with E-state index in [1.165, 1.54) is 62.3 Å². The molecule has 2 N–H and O–H groups in total. The first-order valence-electron chi connectivity index (χ1n) is 7.56. The van der Waals surface area contributed by atoms with Gasteiger partial charge in [-0.25, -0.2) is 0 Å². The number of hydrogen-bond donors (Lipinski definition) is 1. The minimum atomic E-state index is 0.636. The summed E-state index contributed by atoms with van der Waals surface area (Å²) in [5.74, 6) is 0. The maximum atomic E-state index is 5.71. The molecule has 2 fully saturated rings. The summed E-state index contributed by atoms with van der Waals surface area (Å²) in [7, 11) is 0. The van der Waals surface area contributed by atoms with Gasteiger partial charge in [0.25, 0.3) is 0 Å². The van der Waals surface area contributed by atoms with Crippen LogP contribution in [0.25, 0.3) is 0 Å². The van der Waals surface area contributed by atoms with E-state index in [-0.39, 0.29) is 0 Å². The van der Waals surface area contributed by atoms with Crippen molar-refractivity contribution in [3.63, 3.8) is 0 Å². The van der Waals surface area contributed by atoms with Crippen molar-refractivity contribution in [2.45, 2.75) is 38.8 Å². The van der Waals surface area contributed by atoms with E-state index >= 15 is 0 Å². The number of rotatable bonds is 2. The minimum absolute atomic E-state index is 0.636. The van der Waals surface area contributed by atoms with Crippen LogP contribution in [0.15, 0.2) is 18.2 Å². The first-order valence-corrected chi connectivity index (χ1v) is 7.56. The molecular formula is C16H25N3. The average molecular weight is 259 g/mol. The van der Waals surface area contributed by atoms with Crippen LogP contribution in [0.5, 0.6) is 0 Å². The van der Waals surface area contributed by atoms with Gasteiger partial charge >= 0.3 is 0 Å². The quantitative estimate of drug-likeness (QED) is 0.883. The molecule has 0 saturated carbocycles. The molecule has 1 atom stereocenters. The zero-order valence-corrected chi connectivity index (χ0v) is 11.9. The number of nitrogens with zero attached hydrogens (tertiary/aromatic N) is 2. The maximum absolute atomic E-state index is 5.71. The highest BCUT2D eigenvalue weighted by Crippen LogP contribution is 2.27.